The van der Waals surface area contributed by atoms with Crippen LogP contribution in [0.5, 0.6) is 0 Å². The molecule has 0 atom stereocenters. The van der Waals surface area contributed by atoms with Gasteiger partial charge >= 0.3 is 0 Å². The molecule has 0 spiro atoms. The van der Waals surface area contributed by atoms with Gasteiger partial charge in [-0.2, -0.15) is 0 Å². The van der Waals surface area contributed by atoms with Crippen molar-refractivity contribution in [2.24, 2.45) is 5.73 Å². The summed E-state index contributed by atoms with van der Waals surface area (Å²) in [4.78, 5) is 2.89. The Morgan fingerprint density at radius 3 is 2.89 bits per heavy atom. The first kappa shape index (κ1) is 13.5. The van der Waals surface area contributed by atoms with E-state index in [0.29, 0.717) is 11.5 Å². The second kappa shape index (κ2) is 6.27. The summed E-state index contributed by atoms with van der Waals surface area (Å²) in [5.41, 5.74) is 7.03. The van der Waals surface area contributed by atoms with Crippen LogP contribution in [-0.4, -0.2) is 23.0 Å². The van der Waals surface area contributed by atoms with E-state index in [0.717, 1.165) is 19.5 Å². The highest BCUT2D eigenvalue weighted by atomic mass is 32.1. The molecule has 0 amide bonds. The lowest BCUT2D eigenvalue weighted by Crippen LogP contribution is -2.32. The Morgan fingerprint density at radius 2 is 2.17 bits per heavy atom. The first-order valence-electron chi connectivity index (χ1n) is 6.16. The van der Waals surface area contributed by atoms with Crippen LogP contribution in [0.2, 0.25) is 0 Å². The zero-order valence-corrected chi connectivity index (χ0v) is 12.2. The van der Waals surface area contributed by atoms with E-state index < -0.39 is 0 Å². The Balaban J connectivity index is 2.17. The minimum absolute atomic E-state index is 0.572. The second-order valence-corrected chi connectivity index (χ2v) is 5.87. The van der Waals surface area contributed by atoms with Crippen LogP contribution in [0.15, 0.2) is 29.6 Å². The van der Waals surface area contributed by atoms with Crippen molar-refractivity contribution in [1.82, 2.24) is 4.90 Å². The van der Waals surface area contributed by atoms with Gasteiger partial charge < -0.3 is 5.73 Å². The van der Waals surface area contributed by atoms with Crippen molar-refractivity contribution in [3.05, 3.63) is 35.2 Å². The number of hydrogen-bond acceptors (Lipinski definition) is 3. The molecule has 1 heterocycles. The summed E-state index contributed by atoms with van der Waals surface area (Å²) in [5.74, 6) is 0. The average Bonchev–Trinajstić information content (AvgIpc) is 2.72. The highest BCUT2D eigenvalue weighted by Crippen LogP contribution is 2.26. The molecule has 2 nitrogen and oxygen atoms in total. The number of fused-ring (bicyclic) bond motifs is 1. The number of benzene rings is 1. The molecule has 0 aliphatic rings. The minimum Gasteiger partial charge on any atom is -0.392 e. The molecule has 0 fully saturated rings. The van der Waals surface area contributed by atoms with Gasteiger partial charge in [-0.3, -0.25) is 4.90 Å². The van der Waals surface area contributed by atoms with E-state index in [1.807, 2.05) is 0 Å². The van der Waals surface area contributed by atoms with Crippen molar-refractivity contribution in [3.63, 3.8) is 0 Å². The minimum atomic E-state index is 0.572. The normalized spacial score (nSPS) is 11.2. The lowest BCUT2D eigenvalue weighted by molar-refractivity contribution is 0.306. The summed E-state index contributed by atoms with van der Waals surface area (Å²) in [5, 5.41) is 3.60. The van der Waals surface area contributed by atoms with Crippen LogP contribution >= 0.6 is 23.6 Å². The Bertz CT molecular complexity index is 533. The van der Waals surface area contributed by atoms with Crippen LogP contribution in [0.1, 0.15) is 18.9 Å². The van der Waals surface area contributed by atoms with Gasteiger partial charge in [0.05, 0.1) is 4.99 Å². The molecule has 2 N–H and O–H groups in total. The zero-order chi connectivity index (χ0) is 13.0. The largest absolute Gasteiger partial charge is 0.392 e. The Kier molecular flexibility index (Phi) is 4.69. The molecule has 0 unspecified atom stereocenters. The van der Waals surface area contributed by atoms with E-state index in [9.17, 15) is 0 Å². The quantitative estimate of drug-likeness (QED) is 0.821. The van der Waals surface area contributed by atoms with E-state index in [4.69, 9.17) is 18.0 Å². The summed E-state index contributed by atoms with van der Waals surface area (Å²) in [6.45, 7) is 4.84. The van der Waals surface area contributed by atoms with Crippen LogP contribution in [0.4, 0.5) is 0 Å². The molecule has 1 aromatic heterocycles. The van der Waals surface area contributed by atoms with Gasteiger partial charge in [0.25, 0.3) is 0 Å². The van der Waals surface area contributed by atoms with E-state index in [-0.39, 0.29) is 0 Å². The Morgan fingerprint density at radius 1 is 1.39 bits per heavy atom. The molecule has 1 aromatic carbocycles. The van der Waals surface area contributed by atoms with Crippen LogP contribution in [-0.2, 0) is 6.54 Å². The Hall–Kier alpha value is -0.970. The van der Waals surface area contributed by atoms with E-state index in [2.05, 4.69) is 41.5 Å². The standard InChI is InChI=1S/C14H18N2S2/c1-2-7-16(9-14(15)17)8-11-10-18-13-6-4-3-5-12(11)13/h3-6,10H,2,7-9H2,1H3,(H2,15,17). The number of thiocarbonyl (C=S) groups is 1. The molecule has 0 aliphatic heterocycles. The van der Waals surface area contributed by atoms with Crippen molar-refractivity contribution < 1.29 is 0 Å². The molecular weight excluding hydrogens is 260 g/mol. The van der Waals surface area contributed by atoms with Gasteiger partial charge in [0.2, 0.25) is 0 Å². The summed E-state index contributed by atoms with van der Waals surface area (Å²) >= 11 is 6.82. The predicted molar refractivity (Wildman–Crippen MR) is 84.2 cm³/mol. The van der Waals surface area contributed by atoms with Gasteiger partial charge in [-0.1, -0.05) is 37.3 Å². The van der Waals surface area contributed by atoms with Gasteiger partial charge in [-0.15, -0.1) is 11.3 Å². The fourth-order valence-corrected chi connectivity index (χ4v) is 3.28. The first-order chi connectivity index (χ1) is 8.70. The van der Waals surface area contributed by atoms with Crippen molar-refractivity contribution in [2.75, 3.05) is 13.1 Å². The second-order valence-electron chi connectivity index (χ2n) is 4.43. The zero-order valence-electron chi connectivity index (χ0n) is 10.6. The van der Waals surface area contributed by atoms with Gasteiger partial charge in [0.15, 0.2) is 0 Å². The van der Waals surface area contributed by atoms with Gasteiger partial charge in [-0.25, -0.2) is 0 Å². The molecule has 96 valence electrons. The number of nitrogens with zero attached hydrogens (tertiary/aromatic N) is 1. The van der Waals surface area contributed by atoms with Gasteiger partial charge in [-0.05, 0) is 35.4 Å². The van der Waals surface area contributed by atoms with E-state index >= 15 is 0 Å². The van der Waals surface area contributed by atoms with Crippen molar-refractivity contribution in [3.8, 4) is 0 Å². The number of rotatable bonds is 6. The molecular formula is C14H18N2S2. The molecule has 0 radical (unpaired) electrons. The molecule has 2 aromatic rings. The van der Waals surface area contributed by atoms with E-state index in [1.165, 1.54) is 15.6 Å². The van der Waals surface area contributed by atoms with Crippen molar-refractivity contribution in [1.29, 1.82) is 0 Å². The average molecular weight is 278 g/mol. The summed E-state index contributed by atoms with van der Waals surface area (Å²) < 4.78 is 1.35. The van der Waals surface area contributed by atoms with Crippen molar-refractivity contribution >= 4 is 38.6 Å². The summed E-state index contributed by atoms with van der Waals surface area (Å²) in [6.07, 6.45) is 1.12. The summed E-state index contributed by atoms with van der Waals surface area (Å²) in [7, 11) is 0. The predicted octanol–water partition coefficient (Wildman–Crippen LogP) is 3.40. The molecule has 0 saturated carbocycles. The van der Waals surface area contributed by atoms with Gasteiger partial charge in [0, 0.05) is 17.8 Å². The number of nitrogens with two attached hydrogens (primary N) is 1. The lowest BCUT2D eigenvalue weighted by Gasteiger charge is -2.20. The maximum Gasteiger partial charge on any atom is 0.0870 e. The summed E-state index contributed by atoms with van der Waals surface area (Å²) in [6, 6.07) is 8.53. The van der Waals surface area contributed by atoms with Gasteiger partial charge in [0.1, 0.15) is 0 Å². The maximum absolute atomic E-state index is 5.66. The van der Waals surface area contributed by atoms with Crippen LogP contribution in [0.25, 0.3) is 10.1 Å². The number of thiophene rings is 1. The Labute approximate surface area is 117 Å². The lowest BCUT2D eigenvalue weighted by atomic mass is 10.1. The van der Waals surface area contributed by atoms with Crippen LogP contribution < -0.4 is 5.73 Å². The molecule has 2 rings (SSSR count). The highest BCUT2D eigenvalue weighted by Gasteiger charge is 2.09. The molecule has 0 aliphatic carbocycles. The fraction of sp³-hybridized carbons (Fsp3) is 0.357. The molecule has 18 heavy (non-hydrogen) atoms. The SMILES string of the molecule is CCCN(CC(N)=S)Cc1csc2ccccc12. The smallest absolute Gasteiger partial charge is 0.0870 e. The van der Waals surface area contributed by atoms with E-state index in [1.54, 1.807) is 11.3 Å². The first-order valence-corrected chi connectivity index (χ1v) is 7.45. The topological polar surface area (TPSA) is 29.3 Å². The third-order valence-corrected chi connectivity index (χ3v) is 4.02. The third-order valence-electron chi connectivity index (χ3n) is 2.87. The maximum atomic E-state index is 5.66. The highest BCUT2D eigenvalue weighted by molar-refractivity contribution is 7.80. The number of hydrogen-bond donors (Lipinski definition) is 1. The van der Waals surface area contributed by atoms with Crippen LogP contribution in [0, 0.1) is 0 Å². The monoisotopic (exact) mass is 278 g/mol. The van der Waals surface area contributed by atoms with Crippen LogP contribution in [0.3, 0.4) is 0 Å². The molecule has 0 bridgehead atoms. The molecule has 0 saturated heterocycles. The molecule has 4 heteroatoms. The fourth-order valence-electron chi connectivity index (χ4n) is 2.15. The van der Waals surface area contributed by atoms with Crippen molar-refractivity contribution in [2.45, 2.75) is 19.9 Å². The third kappa shape index (κ3) is 3.28.